The molecule has 88 valence electrons. The quantitative estimate of drug-likeness (QED) is 0.803. The third-order valence-corrected chi connectivity index (χ3v) is 3.76. The van der Waals surface area contributed by atoms with Gasteiger partial charge in [0.1, 0.15) is 4.88 Å². The zero-order valence-electron chi connectivity index (χ0n) is 9.86. The van der Waals surface area contributed by atoms with E-state index < -0.39 is 0 Å². The van der Waals surface area contributed by atoms with Gasteiger partial charge in [-0.15, -0.1) is 11.3 Å². The van der Waals surface area contributed by atoms with Crippen LogP contribution in [0.3, 0.4) is 0 Å². The van der Waals surface area contributed by atoms with Crippen molar-refractivity contribution in [2.45, 2.75) is 32.9 Å². The van der Waals surface area contributed by atoms with E-state index in [2.05, 4.69) is 24.1 Å². The summed E-state index contributed by atoms with van der Waals surface area (Å²) in [6.07, 6.45) is 1.68. The van der Waals surface area contributed by atoms with Crippen molar-refractivity contribution in [2.24, 2.45) is 0 Å². The van der Waals surface area contributed by atoms with Gasteiger partial charge in [-0.05, 0) is 20.8 Å². The highest BCUT2D eigenvalue weighted by Crippen LogP contribution is 2.17. The number of nitrogens with zero attached hydrogens (tertiary/aromatic N) is 2. The minimum Gasteiger partial charge on any atom is -0.332 e. The highest BCUT2D eigenvalue weighted by Gasteiger charge is 2.28. The maximum absolute atomic E-state index is 12.2. The number of hydrogen-bond acceptors (Lipinski definition) is 4. The molecule has 1 aliphatic rings. The zero-order valence-corrected chi connectivity index (χ0v) is 10.7. The minimum atomic E-state index is 0.117. The highest BCUT2D eigenvalue weighted by molar-refractivity contribution is 7.13. The second-order valence-corrected chi connectivity index (χ2v) is 5.59. The summed E-state index contributed by atoms with van der Waals surface area (Å²) in [6, 6.07) is 0.625. The van der Waals surface area contributed by atoms with Gasteiger partial charge in [0.25, 0.3) is 5.91 Å². The summed E-state index contributed by atoms with van der Waals surface area (Å²) in [4.78, 5) is 19.1. The fraction of sp³-hybridized carbons (Fsp3) is 0.636. The topological polar surface area (TPSA) is 45.2 Å². The highest BCUT2D eigenvalue weighted by atomic mass is 32.1. The van der Waals surface area contributed by atoms with E-state index in [0.29, 0.717) is 6.04 Å². The molecule has 0 spiro atoms. The molecule has 1 aliphatic heterocycles. The van der Waals surface area contributed by atoms with Gasteiger partial charge in [0.2, 0.25) is 0 Å². The fourth-order valence-corrected chi connectivity index (χ4v) is 2.64. The van der Waals surface area contributed by atoms with Gasteiger partial charge in [-0.3, -0.25) is 4.79 Å². The van der Waals surface area contributed by atoms with E-state index in [-0.39, 0.29) is 11.9 Å². The number of rotatable bonds is 1. The molecule has 0 bridgehead atoms. The van der Waals surface area contributed by atoms with Gasteiger partial charge in [0.05, 0.1) is 11.2 Å². The van der Waals surface area contributed by atoms with E-state index in [4.69, 9.17) is 0 Å². The number of aryl methyl sites for hydroxylation is 1. The van der Waals surface area contributed by atoms with Crippen LogP contribution in [0.2, 0.25) is 0 Å². The second-order valence-electron chi connectivity index (χ2n) is 4.36. The van der Waals surface area contributed by atoms with Gasteiger partial charge in [-0.1, -0.05) is 0 Å². The summed E-state index contributed by atoms with van der Waals surface area (Å²) in [7, 11) is 0. The monoisotopic (exact) mass is 239 g/mol. The summed E-state index contributed by atoms with van der Waals surface area (Å²) in [5, 5.41) is 4.31. The van der Waals surface area contributed by atoms with Crippen LogP contribution >= 0.6 is 11.3 Å². The summed E-state index contributed by atoms with van der Waals surface area (Å²) in [5.41, 5.74) is 0. The molecule has 1 aromatic rings. The molecule has 0 radical (unpaired) electrons. The number of carbonyl (C=O) groups excluding carboxylic acids is 1. The Bertz CT molecular complexity index is 390. The number of thiazole rings is 1. The molecule has 2 rings (SSSR count). The molecule has 0 saturated carbocycles. The predicted octanol–water partition coefficient (Wildman–Crippen LogP) is 1.27. The first-order valence-corrected chi connectivity index (χ1v) is 6.36. The maximum atomic E-state index is 12.2. The average molecular weight is 239 g/mol. The van der Waals surface area contributed by atoms with Gasteiger partial charge in [0, 0.05) is 25.2 Å². The number of aromatic nitrogens is 1. The van der Waals surface area contributed by atoms with Gasteiger partial charge < -0.3 is 10.2 Å². The van der Waals surface area contributed by atoms with Crippen LogP contribution < -0.4 is 5.32 Å². The van der Waals surface area contributed by atoms with Gasteiger partial charge in [-0.2, -0.15) is 0 Å². The van der Waals surface area contributed by atoms with Crippen LogP contribution in [0.4, 0.5) is 0 Å². The van der Waals surface area contributed by atoms with Crippen molar-refractivity contribution >= 4 is 17.2 Å². The van der Waals surface area contributed by atoms with Crippen molar-refractivity contribution in [1.82, 2.24) is 15.2 Å². The Morgan fingerprint density at radius 2 is 2.38 bits per heavy atom. The van der Waals surface area contributed by atoms with Crippen LogP contribution in [0, 0.1) is 6.92 Å². The van der Waals surface area contributed by atoms with E-state index in [9.17, 15) is 4.79 Å². The lowest BCUT2D eigenvalue weighted by Crippen LogP contribution is -2.56. The normalized spacial score (nSPS) is 25.8. The Kier molecular flexibility index (Phi) is 3.25. The van der Waals surface area contributed by atoms with Crippen LogP contribution in [0.15, 0.2) is 6.20 Å². The first-order chi connectivity index (χ1) is 7.58. The van der Waals surface area contributed by atoms with Gasteiger partial charge in [-0.25, -0.2) is 4.98 Å². The molecule has 1 saturated heterocycles. The zero-order chi connectivity index (χ0) is 11.7. The summed E-state index contributed by atoms with van der Waals surface area (Å²) in [6.45, 7) is 7.74. The van der Waals surface area contributed by atoms with E-state index in [1.54, 1.807) is 6.20 Å². The summed E-state index contributed by atoms with van der Waals surface area (Å²) >= 11 is 1.47. The largest absolute Gasteiger partial charge is 0.332 e. The third-order valence-electron chi connectivity index (χ3n) is 2.86. The molecule has 1 aromatic heterocycles. The Labute approximate surface area is 99.7 Å². The number of nitrogens with one attached hydrogen (secondary N) is 1. The lowest BCUT2D eigenvalue weighted by Gasteiger charge is -2.37. The molecule has 0 aliphatic carbocycles. The lowest BCUT2D eigenvalue weighted by molar-refractivity contribution is 0.0621. The van der Waals surface area contributed by atoms with Crippen molar-refractivity contribution in [3.8, 4) is 0 Å². The van der Waals surface area contributed by atoms with Crippen LogP contribution in [0.25, 0.3) is 0 Å². The molecule has 1 N–H and O–H groups in total. The van der Waals surface area contributed by atoms with Crippen LogP contribution in [-0.4, -0.2) is 41.0 Å². The Hall–Kier alpha value is -0.940. The minimum absolute atomic E-state index is 0.117. The Morgan fingerprint density at radius 3 is 3.00 bits per heavy atom. The van der Waals surface area contributed by atoms with E-state index >= 15 is 0 Å². The summed E-state index contributed by atoms with van der Waals surface area (Å²) in [5.74, 6) is 0.117. The molecule has 1 amide bonds. The van der Waals surface area contributed by atoms with Crippen molar-refractivity contribution in [2.75, 3.05) is 13.1 Å². The Balaban J connectivity index is 2.14. The van der Waals surface area contributed by atoms with Crippen molar-refractivity contribution in [3.05, 3.63) is 16.1 Å². The van der Waals surface area contributed by atoms with E-state index in [1.807, 2.05) is 11.8 Å². The molecular formula is C11H17N3OS. The first kappa shape index (κ1) is 11.5. The van der Waals surface area contributed by atoms with Gasteiger partial charge in [0.15, 0.2) is 0 Å². The molecule has 2 heterocycles. The fourth-order valence-electron chi connectivity index (χ4n) is 1.91. The van der Waals surface area contributed by atoms with Crippen LogP contribution in [0.5, 0.6) is 0 Å². The van der Waals surface area contributed by atoms with E-state index in [1.165, 1.54) is 11.3 Å². The van der Waals surface area contributed by atoms with Crippen LogP contribution in [-0.2, 0) is 0 Å². The van der Waals surface area contributed by atoms with E-state index in [0.717, 1.165) is 23.0 Å². The van der Waals surface area contributed by atoms with Crippen molar-refractivity contribution in [3.63, 3.8) is 0 Å². The van der Waals surface area contributed by atoms with Crippen LogP contribution in [0.1, 0.15) is 28.5 Å². The molecule has 4 nitrogen and oxygen atoms in total. The SMILES string of the molecule is Cc1ncc(C(=O)N2CC(C)NCC2C)s1. The smallest absolute Gasteiger partial charge is 0.265 e. The second kappa shape index (κ2) is 4.51. The summed E-state index contributed by atoms with van der Waals surface area (Å²) < 4.78 is 0. The number of amides is 1. The number of carbonyl (C=O) groups is 1. The van der Waals surface area contributed by atoms with Gasteiger partial charge >= 0.3 is 0 Å². The molecule has 0 aromatic carbocycles. The Morgan fingerprint density at radius 1 is 1.62 bits per heavy atom. The number of piperazine rings is 1. The van der Waals surface area contributed by atoms with Crippen molar-refractivity contribution < 1.29 is 4.79 Å². The molecule has 1 fully saturated rings. The molecular weight excluding hydrogens is 222 g/mol. The first-order valence-electron chi connectivity index (χ1n) is 5.54. The molecule has 16 heavy (non-hydrogen) atoms. The third kappa shape index (κ3) is 2.25. The average Bonchev–Trinajstić information content (AvgIpc) is 2.67. The van der Waals surface area contributed by atoms with Crippen molar-refractivity contribution in [1.29, 1.82) is 0 Å². The number of hydrogen-bond donors (Lipinski definition) is 1. The maximum Gasteiger partial charge on any atom is 0.265 e. The molecule has 2 atom stereocenters. The lowest BCUT2D eigenvalue weighted by atomic mass is 10.1. The predicted molar refractivity (Wildman–Crippen MR) is 64.8 cm³/mol. The molecule has 5 heteroatoms. The molecule has 2 unspecified atom stereocenters. The standard InChI is InChI=1S/C11H17N3OS/c1-7-6-14(8(2)4-12-7)11(15)10-5-13-9(3)16-10/h5,7-8,12H,4,6H2,1-3H3.